The first kappa shape index (κ1) is 31.7. The summed E-state index contributed by atoms with van der Waals surface area (Å²) in [7, 11) is 0. The van der Waals surface area contributed by atoms with Crippen molar-refractivity contribution in [3.63, 3.8) is 0 Å². The molecule has 0 fully saturated rings. The van der Waals surface area contributed by atoms with Gasteiger partial charge >= 0.3 is 17.9 Å². The lowest BCUT2D eigenvalue weighted by Gasteiger charge is -2.25. The molecule has 14 heteroatoms. The molecule has 0 aliphatic heterocycles. The van der Waals surface area contributed by atoms with Gasteiger partial charge in [-0.15, -0.1) is 0 Å². The maximum atomic E-state index is 12.8. The van der Waals surface area contributed by atoms with Crippen LogP contribution in [-0.4, -0.2) is 81.7 Å². The number of hydrogen-bond acceptors (Lipinski definition) is 8. The molecule has 0 rings (SSSR count). The van der Waals surface area contributed by atoms with E-state index in [0.29, 0.717) is 19.4 Å². The van der Waals surface area contributed by atoms with Crippen LogP contribution in [0.25, 0.3) is 0 Å². The van der Waals surface area contributed by atoms with Gasteiger partial charge in [0.2, 0.25) is 17.7 Å². The number of carbonyl (C=O) groups is 6. The van der Waals surface area contributed by atoms with Crippen LogP contribution in [0.2, 0.25) is 0 Å². The fourth-order valence-corrected chi connectivity index (χ4v) is 3.07. The molecule has 14 nitrogen and oxygen atoms in total. The van der Waals surface area contributed by atoms with Crippen LogP contribution in [0.4, 0.5) is 0 Å². The molecule has 3 amide bonds. The quantitative estimate of drug-likeness (QED) is 0.0985. The second-order valence-corrected chi connectivity index (χ2v) is 8.57. The minimum atomic E-state index is -1.60. The van der Waals surface area contributed by atoms with Crippen molar-refractivity contribution < 1.29 is 44.1 Å². The van der Waals surface area contributed by atoms with Crippen molar-refractivity contribution in [3.8, 4) is 0 Å². The Morgan fingerprint density at radius 3 is 1.77 bits per heavy atom. The van der Waals surface area contributed by atoms with Crippen molar-refractivity contribution in [2.24, 2.45) is 17.4 Å². The average molecular weight is 504 g/mol. The number of nitrogens with two attached hydrogens (primary N) is 2. The minimum absolute atomic E-state index is 0.0397. The van der Waals surface area contributed by atoms with E-state index in [9.17, 15) is 33.9 Å². The van der Waals surface area contributed by atoms with Gasteiger partial charge in [0.1, 0.15) is 18.1 Å². The van der Waals surface area contributed by atoms with Crippen LogP contribution in [0.5, 0.6) is 0 Å². The van der Waals surface area contributed by atoms with Gasteiger partial charge in [-0.05, 0) is 44.6 Å². The zero-order chi connectivity index (χ0) is 27.1. The topological polar surface area (TPSA) is 251 Å². The predicted octanol–water partition coefficient (Wildman–Crippen LogP) is -1.63. The van der Waals surface area contributed by atoms with E-state index in [-0.39, 0.29) is 25.2 Å². The Morgan fingerprint density at radius 1 is 0.743 bits per heavy atom. The lowest BCUT2D eigenvalue weighted by Crippen LogP contribution is -2.57. The Morgan fingerprint density at radius 2 is 1.29 bits per heavy atom. The molecule has 0 saturated carbocycles. The number of rotatable bonds is 18. The molecule has 4 unspecified atom stereocenters. The molecule has 0 radical (unpaired) electrons. The van der Waals surface area contributed by atoms with Gasteiger partial charge in [-0.25, -0.2) is 4.79 Å². The van der Waals surface area contributed by atoms with Gasteiger partial charge < -0.3 is 42.7 Å². The molecule has 0 spiro atoms. The standard InChI is InChI=1S/C21H37N5O9/c1-11(2)9-15(21(34)35)26-19(32)13(5-3-4-8-22)24-20(33)14(10-17(29)30)25-18(31)12(23)6-7-16(27)28/h11-15H,3-10,22-23H2,1-2H3,(H,24,33)(H,25,31)(H,26,32)(H,27,28)(H,29,30)(H,34,35). The SMILES string of the molecule is CC(C)CC(NC(=O)C(CCCCN)NC(=O)C(CC(=O)O)NC(=O)C(N)CCC(=O)O)C(=O)O. The fourth-order valence-electron chi connectivity index (χ4n) is 3.07. The summed E-state index contributed by atoms with van der Waals surface area (Å²) in [6.07, 6.45) is -0.306. The van der Waals surface area contributed by atoms with E-state index in [1.54, 1.807) is 13.8 Å². The first-order valence-electron chi connectivity index (χ1n) is 11.3. The van der Waals surface area contributed by atoms with Crippen molar-refractivity contribution in [2.45, 2.75) is 83.0 Å². The van der Waals surface area contributed by atoms with Crippen LogP contribution >= 0.6 is 0 Å². The monoisotopic (exact) mass is 503 g/mol. The third kappa shape index (κ3) is 13.9. The third-order valence-corrected chi connectivity index (χ3v) is 4.92. The molecule has 0 aliphatic rings. The summed E-state index contributed by atoms with van der Waals surface area (Å²) in [6.45, 7) is 3.88. The zero-order valence-electron chi connectivity index (χ0n) is 20.0. The first-order valence-corrected chi connectivity index (χ1v) is 11.3. The highest BCUT2D eigenvalue weighted by atomic mass is 16.4. The Kier molecular flexibility index (Phi) is 14.9. The number of nitrogens with one attached hydrogen (secondary N) is 3. The normalized spacial score (nSPS) is 14.3. The van der Waals surface area contributed by atoms with Gasteiger partial charge in [-0.3, -0.25) is 24.0 Å². The maximum Gasteiger partial charge on any atom is 0.326 e. The van der Waals surface area contributed by atoms with E-state index in [1.165, 1.54) is 0 Å². The summed E-state index contributed by atoms with van der Waals surface area (Å²) in [5.74, 6) is -6.59. The molecule has 200 valence electrons. The highest BCUT2D eigenvalue weighted by molar-refractivity contribution is 5.95. The summed E-state index contributed by atoms with van der Waals surface area (Å²) in [5, 5.41) is 34.2. The summed E-state index contributed by atoms with van der Waals surface area (Å²) < 4.78 is 0. The number of aliphatic carboxylic acids is 3. The Labute approximate surface area is 203 Å². The van der Waals surface area contributed by atoms with Crippen molar-refractivity contribution >= 4 is 35.6 Å². The molecule has 0 aromatic heterocycles. The average Bonchev–Trinajstić information content (AvgIpc) is 2.74. The van der Waals surface area contributed by atoms with Gasteiger partial charge in [-0.1, -0.05) is 13.8 Å². The highest BCUT2D eigenvalue weighted by Gasteiger charge is 2.31. The lowest BCUT2D eigenvalue weighted by molar-refractivity contribution is -0.143. The molecular formula is C21H37N5O9. The van der Waals surface area contributed by atoms with E-state index in [0.717, 1.165) is 0 Å². The van der Waals surface area contributed by atoms with Crippen LogP contribution in [0.3, 0.4) is 0 Å². The predicted molar refractivity (Wildman–Crippen MR) is 123 cm³/mol. The van der Waals surface area contributed by atoms with Gasteiger partial charge in [0.05, 0.1) is 12.5 Å². The molecule has 0 aliphatic carbocycles. The molecular weight excluding hydrogens is 466 g/mol. The summed E-state index contributed by atoms with van der Waals surface area (Å²) in [4.78, 5) is 71.2. The zero-order valence-corrected chi connectivity index (χ0v) is 20.0. The van der Waals surface area contributed by atoms with Crippen LogP contribution in [0.15, 0.2) is 0 Å². The maximum absolute atomic E-state index is 12.8. The Hall–Kier alpha value is -3.26. The van der Waals surface area contributed by atoms with Crippen LogP contribution in [0, 0.1) is 5.92 Å². The van der Waals surface area contributed by atoms with E-state index < -0.39 is 72.6 Å². The molecule has 0 bridgehead atoms. The van der Waals surface area contributed by atoms with Crippen LogP contribution in [-0.2, 0) is 28.8 Å². The van der Waals surface area contributed by atoms with E-state index >= 15 is 0 Å². The van der Waals surface area contributed by atoms with E-state index in [4.69, 9.17) is 21.7 Å². The number of carboxylic acid groups (broad SMARTS) is 3. The number of carbonyl (C=O) groups excluding carboxylic acids is 3. The fraction of sp³-hybridized carbons (Fsp3) is 0.714. The highest BCUT2D eigenvalue weighted by Crippen LogP contribution is 2.08. The summed E-state index contributed by atoms with van der Waals surface area (Å²) in [6, 6.07) is -5.31. The largest absolute Gasteiger partial charge is 0.481 e. The second kappa shape index (κ2) is 16.4. The first-order chi connectivity index (χ1) is 16.3. The molecule has 4 atom stereocenters. The van der Waals surface area contributed by atoms with Crippen molar-refractivity contribution in [3.05, 3.63) is 0 Å². The van der Waals surface area contributed by atoms with Crippen molar-refractivity contribution in [1.82, 2.24) is 16.0 Å². The van der Waals surface area contributed by atoms with Crippen molar-refractivity contribution in [1.29, 1.82) is 0 Å². The third-order valence-electron chi connectivity index (χ3n) is 4.92. The summed E-state index contributed by atoms with van der Waals surface area (Å²) >= 11 is 0. The van der Waals surface area contributed by atoms with Crippen molar-refractivity contribution in [2.75, 3.05) is 6.54 Å². The van der Waals surface area contributed by atoms with E-state index in [2.05, 4.69) is 16.0 Å². The molecule has 0 saturated heterocycles. The molecule has 0 heterocycles. The number of amides is 3. The van der Waals surface area contributed by atoms with Crippen LogP contribution in [0.1, 0.15) is 58.8 Å². The lowest BCUT2D eigenvalue weighted by atomic mass is 10.0. The Balaban J connectivity index is 5.51. The second-order valence-electron chi connectivity index (χ2n) is 8.57. The smallest absolute Gasteiger partial charge is 0.326 e. The Bertz CT molecular complexity index is 759. The van der Waals surface area contributed by atoms with Gasteiger partial charge in [0, 0.05) is 6.42 Å². The number of carboxylic acids is 3. The number of unbranched alkanes of at least 4 members (excludes halogenated alkanes) is 1. The number of hydrogen-bond donors (Lipinski definition) is 8. The van der Waals surface area contributed by atoms with Gasteiger partial charge in [-0.2, -0.15) is 0 Å². The molecule has 10 N–H and O–H groups in total. The minimum Gasteiger partial charge on any atom is -0.481 e. The van der Waals surface area contributed by atoms with Crippen LogP contribution < -0.4 is 27.4 Å². The van der Waals surface area contributed by atoms with Gasteiger partial charge in [0.15, 0.2) is 0 Å². The summed E-state index contributed by atoms with van der Waals surface area (Å²) in [5.41, 5.74) is 11.1. The molecule has 35 heavy (non-hydrogen) atoms. The van der Waals surface area contributed by atoms with Gasteiger partial charge in [0.25, 0.3) is 0 Å². The molecule has 0 aromatic rings. The van der Waals surface area contributed by atoms with E-state index in [1.807, 2.05) is 0 Å². The molecule has 0 aromatic carbocycles.